The van der Waals surface area contributed by atoms with E-state index in [9.17, 15) is 18.3 Å². The van der Waals surface area contributed by atoms with Gasteiger partial charge in [-0.1, -0.05) is 12.1 Å². The van der Waals surface area contributed by atoms with E-state index in [1.54, 1.807) is 39.7 Å². The molecular weight excluding hydrogens is 531 g/mol. The number of nitrogens with one attached hydrogen (secondary N) is 1. The van der Waals surface area contributed by atoms with Crippen molar-refractivity contribution in [1.82, 2.24) is 15.2 Å². The number of aliphatic carboxylic acids is 1. The molecule has 0 amide bonds. The number of aromatic amines is 1. The Bertz CT molecular complexity index is 1670. The van der Waals surface area contributed by atoms with Gasteiger partial charge >= 0.3 is 12.1 Å². The molecular formula is C28H24F3N3O6. The Morgan fingerprint density at radius 1 is 0.975 bits per heavy atom. The standard InChI is InChI=1S/C26H23N3O4.C2HF3O2/c1-31-18-6-4-5-15(11-18)12-20-23-19(13-22(32-2)25(20)33-3)24(16-7-9-17(30)10-8-16)28-26-21(23)14-27-29-26;3-2(4,5)1(6)7/h4-11,13-14,30H,12H2,1-3H3,(H,27,28,29);(H,6,7). The highest BCUT2D eigenvalue weighted by Crippen LogP contribution is 2.44. The Morgan fingerprint density at radius 2 is 1.68 bits per heavy atom. The third-order valence-corrected chi connectivity index (χ3v) is 6.03. The predicted octanol–water partition coefficient (Wildman–Crippen LogP) is 5.73. The summed E-state index contributed by atoms with van der Waals surface area (Å²) < 4.78 is 48.7. The van der Waals surface area contributed by atoms with Crippen LogP contribution in [-0.4, -0.2) is 58.9 Å². The quantitative estimate of drug-likeness (QED) is 0.242. The van der Waals surface area contributed by atoms with Crippen molar-refractivity contribution in [2.75, 3.05) is 21.3 Å². The number of rotatable bonds is 6. The minimum Gasteiger partial charge on any atom is -0.508 e. The molecule has 0 aliphatic heterocycles. The van der Waals surface area contributed by atoms with Crippen molar-refractivity contribution >= 4 is 27.8 Å². The largest absolute Gasteiger partial charge is 0.508 e. The Labute approximate surface area is 225 Å². The van der Waals surface area contributed by atoms with Crippen LogP contribution in [0.15, 0.2) is 60.8 Å². The van der Waals surface area contributed by atoms with E-state index in [2.05, 4.69) is 16.3 Å². The number of carboxylic acid groups (broad SMARTS) is 1. The van der Waals surface area contributed by atoms with E-state index in [1.165, 1.54) is 0 Å². The van der Waals surface area contributed by atoms with Crippen LogP contribution < -0.4 is 14.2 Å². The molecule has 3 aromatic carbocycles. The Morgan fingerprint density at radius 3 is 2.27 bits per heavy atom. The number of phenols is 1. The van der Waals surface area contributed by atoms with Crippen LogP contribution in [0.25, 0.3) is 33.1 Å². The van der Waals surface area contributed by atoms with Crippen LogP contribution in [0, 0.1) is 0 Å². The fourth-order valence-electron chi connectivity index (χ4n) is 4.28. The molecule has 9 nitrogen and oxygen atoms in total. The Balaban J connectivity index is 0.000000470. The smallest absolute Gasteiger partial charge is 0.490 e. The van der Waals surface area contributed by atoms with Crippen LogP contribution in [0.5, 0.6) is 23.0 Å². The second-order valence-electron chi connectivity index (χ2n) is 8.48. The minimum atomic E-state index is -5.08. The highest BCUT2D eigenvalue weighted by molar-refractivity contribution is 6.13. The summed E-state index contributed by atoms with van der Waals surface area (Å²) in [6.07, 6.45) is -2.71. The number of methoxy groups -OCH3 is 3. The average Bonchev–Trinajstić information content (AvgIpc) is 3.41. The molecule has 0 atom stereocenters. The van der Waals surface area contributed by atoms with Crippen molar-refractivity contribution < 1.29 is 42.4 Å². The van der Waals surface area contributed by atoms with Gasteiger partial charge in [-0.05, 0) is 48.0 Å². The summed E-state index contributed by atoms with van der Waals surface area (Å²) in [6, 6.07) is 16.9. The number of nitrogens with zero attached hydrogens (tertiary/aromatic N) is 2. The fourth-order valence-corrected chi connectivity index (χ4v) is 4.28. The van der Waals surface area contributed by atoms with Crippen molar-refractivity contribution in [3.8, 4) is 34.3 Å². The zero-order valence-electron chi connectivity index (χ0n) is 21.5. The molecule has 2 heterocycles. The van der Waals surface area contributed by atoms with E-state index < -0.39 is 12.1 Å². The predicted molar refractivity (Wildman–Crippen MR) is 141 cm³/mol. The second kappa shape index (κ2) is 11.4. The number of halogens is 3. The van der Waals surface area contributed by atoms with Crippen molar-refractivity contribution in [3.05, 3.63) is 71.9 Å². The summed E-state index contributed by atoms with van der Waals surface area (Å²) in [6.45, 7) is 0. The molecule has 12 heteroatoms. The summed E-state index contributed by atoms with van der Waals surface area (Å²) >= 11 is 0. The molecule has 0 saturated heterocycles. The first-order chi connectivity index (χ1) is 19.1. The lowest BCUT2D eigenvalue weighted by Gasteiger charge is -2.18. The number of aromatic hydroxyl groups is 1. The van der Waals surface area contributed by atoms with E-state index in [1.807, 2.05) is 36.4 Å². The normalized spacial score (nSPS) is 11.2. The van der Waals surface area contributed by atoms with E-state index in [-0.39, 0.29) is 5.75 Å². The summed E-state index contributed by atoms with van der Waals surface area (Å²) in [5.74, 6) is -0.486. The molecule has 5 aromatic rings. The third-order valence-electron chi connectivity index (χ3n) is 6.03. The minimum absolute atomic E-state index is 0.198. The monoisotopic (exact) mass is 555 g/mol. The second-order valence-corrected chi connectivity index (χ2v) is 8.48. The molecule has 208 valence electrons. The van der Waals surface area contributed by atoms with E-state index in [0.29, 0.717) is 23.6 Å². The number of hydrogen-bond acceptors (Lipinski definition) is 7. The van der Waals surface area contributed by atoms with Crippen LogP contribution in [0.1, 0.15) is 11.1 Å². The highest BCUT2D eigenvalue weighted by atomic mass is 19.4. The van der Waals surface area contributed by atoms with Gasteiger partial charge in [0.1, 0.15) is 11.5 Å². The van der Waals surface area contributed by atoms with Gasteiger partial charge in [-0.25, -0.2) is 9.78 Å². The van der Waals surface area contributed by atoms with Gasteiger partial charge in [0.25, 0.3) is 0 Å². The van der Waals surface area contributed by atoms with Crippen molar-refractivity contribution in [2.45, 2.75) is 12.6 Å². The SMILES string of the molecule is COc1cccc(Cc2c(OC)c(OC)cc3c(-c4ccc(O)cc4)nc4[nH]ncc4c23)c1.O=C(O)C(F)(F)F. The number of aromatic nitrogens is 3. The van der Waals surface area contributed by atoms with Gasteiger partial charge in [0.05, 0.1) is 33.2 Å². The molecule has 0 aliphatic rings. The molecule has 0 spiro atoms. The highest BCUT2D eigenvalue weighted by Gasteiger charge is 2.38. The molecule has 0 aliphatic carbocycles. The zero-order chi connectivity index (χ0) is 29.0. The van der Waals surface area contributed by atoms with Gasteiger partial charge in [-0.3, -0.25) is 5.10 Å². The fraction of sp³-hybridized carbons (Fsp3) is 0.179. The van der Waals surface area contributed by atoms with Crippen molar-refractivity contribution in [2.24, 2.45) is 0 Å². The van der Waals surface area contributed by atoms with E-state index in [0.717, 1.165) is 44.3 Å². The molecule has 40 heavy (non-hydrogen) atoms. The average molecular weight is 556 g/mol. The lowest BCUT2D eigenvalue weighted by atomic mass is 9.93. The maximum absolute atomic E-state index is 10.6. The lowest BCUT2D eigenvalue weighted by Crippen LogP contribution is -2.21. The van der Waals surface area contributed by atoms with Gasteiger partial charge < -0.3 is 24.4 Å². The molecule has 3 N–H and O–H groups in total. The Kier molecular flexibility index (Phi) is 7.98. The number of phenolic OH excluding ortho intramolecular Hbond substituents is 1. The first kappa shape index (κ1) is 28.0. The molecule has 0 fully saturated rings. The first-order valence-electron chi connectivity index (χ1n) is 11.7. The van der Waals surface area contributed by atoms with Gasteiger partial charge in [0.15, 0.2) is 17.1 Å². The van der Waals surface area contributed by atoms with Crippen LogP contribution in [-0.2, 0) is 11.2 Å². The van der Waals surface area contributed by atoms with Gasteiger partial charge in [-0.2, -0.15) is 18.3 Å². The summed E-state index contributed by atoms with van der Waals surface area (Å²) in [4.78, 5) is 13.7. The molecule has 0 radical (unpaired) electrons. The van der Waals surface area contributed by atoms with Crippen LogP contribution in [0.3, 0.4) is 0 Å². The number of ether oxygens (including phenoxy) is 3. The molecule has 0 unspecified atom stereocenters. The molecule has 5 rings (SSSR count). The van der Waals surface area contributed by atoms with Crippen molar-refractivity contribution in [1.29, 1.82) is 0 Å². The van der Waals surface area contributed by atoms with E-state index in [4.69, 9.17) is 29.1 Å². The van der Waals surface area contributed by atoms with Gasteiger partial charge in [0.2, 0.25) is 0 Å². The Hall–Kier alpha value is -5.00. The molecule has 0 bridgehead atoms. The number of hydrogen-bond donors (Lipinski definition) is 3. The van der Waals surface area contributed by atoms with Gasteiger partial charge in [-0.15, -0.1) is 0 Å². The van der Waals surface area contributed by atoms with Crippen LogP contribution >= 0.6 is 0 Å². The van der Waals surface area contributed by atoms with Crippen LogP contribution in [0.2, 0.25) is 0 Å². The number of H-pyrrole nitrogens is 1. The summed E-state index contributed by atoms with van der Waals surface area (Å²) in [5, 5.41) is 26.9. The maximum Gasteiger partial charge on any atom is 0.490 e. The van der Waals surface area contributed by atoms with Crippen LogP contribution in [0.4, 0.5) is 13.2 Å². The molecule has 0 saturated carbocycles. The van der Waals surface area contributed by atoms with Crippen molar-refractivity contribution in [3.63, 3.8) is 0 Å². The van der Waals surface area contributed by atoms with Gasteiger partial charge in [0, 0.05) is 33.7 Å². The number of carbonyl (C=O) groups is 1. The summed E-state index contributed by atoms with van der Waals surface area (Å²) in [7, 11) is 4.93. The number of alkyl halides is 3. The van der Waals surface area contributed by atoms with E-state index >= 15 is 0 Å². The number of pyridine rings is 1. The maximum atomic E-state index is 10.6. The molecule has 2 aromatic heterocycles. The third kappa shape index (κ3) is 5.70. The number of fused-ring (bicyclic) bond motifs is 3. The number of carboxylic acids is 1. The number of benzene rings is 3. The first-order valence-corrected chi connectivity index (χ1v) is 11.7. The zero-order valence-corrected chi connectivity index (χ0v) is 21.5. The summed E-state index contributed by atoms with van der Waals surface area (Å²) in [5.41, 5.74) is 4.34. The topological polar surface area (TPSA) is 127 Å². The lowest BCUT2D eigenvalue weighted by molar-refractivity contribution is -0.192.